The number of aryl methyl sites for hydroxylation is 1. The molecule has 1 heterocycles. The van der Waals surface area contributed by atoms with Crippen molar-refractivity contribution in [1.29, 1.82) is 0 Å². The molecule has 0 saturated carbocycles. The lowest BCUT2D eigenvalue weighted by Crippen LogP contribution is -2.05. The normalized spacial score (nSPS) is 10.7. The molecule has 0 aliphatic heterocycles. The van der Waals surface area contributed by atoms with Gasteiger partial charge in [-0.05, 0) is 35.6 Å². The molecule has 3 heteroatoms. The molecule has 3 nitrogen and oxygen atoms in total. The van der Waals surface area contributed by atoms with E-state index in [0.29, 0.717) is 11.6 Å². The van der Waals surface area contributed by atoms with Crippen LogP contribution in [0.5, 0.6) is 0 Å². The van der Waals surface area contributed by atoms with Crippen LogP contribution in [0, 0.1) is 6.92 Å². The predicted molar refractivity (Wildman–Crippen MR) is 81.2 cm³/mol. The minimum absolute atomic E-state index is 0.566. The van der Waals surface area contributed by atoms with Crippen molar-refractivity contribution in [3.8, 4) is 0 Å². The summed E-state index contributed by atoms with van der Waals surface area (Å²) in [4.78, 5) is 4.30. The summed E-state index contributed by atoms with van der Waals surface area (Å²) in [6, 6.07) is 10.6. The molecule has 2 aromatic rings. The van der Waals surface area contributed by atoms with E-state index in [1.807, 2.05) is 19.2 Å². The van der Waals surface area contributed by atoms with Crippen LogP contribution < -0.4 is 11.1 Å². The monoisotopic (exact) mass is 255 g/mol. The highest BCUT2D eigenvalue weighted by Gasteiger charge is 2.02. The number of aromatic nitrogens is 1. The summed E-state index contributed by atoms with van der Waals surface area (Å²) in [6.07, 6.45) is 1.82. The average Bonchev–Trinajstić information content (AvgIpc) is 2.38. The first-order valence-electron chi connectivity index (χ1n) is 6.61. The van der Waals surface area contributed by atoms with Crippen LogP contribution in [0.15, 0.2) is 36.5 Å². The SMILES string of the molecule is Cc1cnc(NCc2ccc(C(C)C)cc2)c(N)c1. The van der Waals surface area contributed by atoms with Crippen molar-refractivity contribution in [3.05, 3.63) is 53.2 Å². The van der Waals surface area contributed by atoms with Gasteiger partial charge in [-0.25, -0.2) is 4.98 Å². The molecule has 1 aromatic heterocycles. The van der Waals surface area contributed by atoms with Crippen molar-refractivity contribution in [1.82, 2.24) is 4.98 Å². The molecule has 0 aliphatic carbocycles. The van der Waals surface area contributed by atoms with Gasteiger partial charge >= 0.3 is 0 Å². The van der Waals surface area contributed by atoms with Crippen molar-refractivity contribution in [2.24, 2.45) is 0 Å². The number of hydrogen-bond acceptors (Lipinski definition) is 3. The molecule has 0 amide bonds. The third-order valence-electron chi connectivity index (χ3n) is 3.16. The number of benzene rings is 1. The van der Waals surface area contributed by atoms with Gasteiger partial charge in [0, 0.05) is 12.7 Å². The highest BCUT2D eigenvalue weighted by atomic mass is 15.0. The number of hydrogen-bond donors (Lipinski definition) is 2. The molecular weight excluding hydrogens is 234 g/mol. The third-order valence-corrected chi connectivity index (χ3v) is 3.16. The van der Waals surface area contributed by atoms with E-state index in [4.69, 9.17) is 5.73 Å². The zero-order valence-corrected chi connectivity index (χ0v) is 11.8. The summed E-state index contributed by atoms with van der Waals surface area (Å²) < 4.78 is 0. The maximum Gasteiger partial charge on any atom is 0.149 e. The van der Waals surface area contributed by atoms with Gasteiger partial charge in [-0.3, -0.25) is 0 Å². The number of pyridine rings is 1. The van der Waals surface area contributed by atoms with Gasteiger partial charge in [0.05, 0.1) is 5.69 Å². The molecule has 2 rings (SSSR count). The Bertz CT molecular complexity index is 544. The first-order valence-corrected chi connectivity index (χ1v) is 6.61. The van der Waals surface area contributed by atoms with Crippen LogP contribution in [0.1, 0.15) is 36.5 Å². The fourth-order valence-electron chi connectivity index (χ4n) is 1.95. The van der Waals surface area contributed by atoms with E-state index in [9.17, 15) is 0 Å². The lowest BCUT2D eigenvalue weighted by molar-refractivity contribution is 0.865. The number of rotatable bonds is 4. The molecular formula is C16H21N3. The Balaban J connectivity index is 2.02. The van der Waals surface area contributed by atoms with E-state index >= 15 is 0 Å². The first kappa shape index (κ1) is 13.4. The van der Waals surface area contributed by atoms with Crippen molar-refractivity contribution >= 4 is 11.5 Å². The van der Waals surface area contributed by atoms with Crippen LogP contribution in [0.2, 0.25) is 0 Å². The lowest BCUT2D eigenvalue weighted by Gasteiger charge is -2.10. The molecule has 0 atom stereocenters. The number of nitrogens with two attached hydrogens (primary N) is 1. The second-order valence-corrected chi connectivity index (χ2v) is 5.20. The summed E-state index contributed by atoms with van der Waals surface area (Å²) in [5.41, 5.74) is 10.3. The molecule has 1 aromatic carbocycles. The molecule has 0 bridgehead atoms. The minimum atomic E-state index is 0.566. The molecule has 0 spiro atoms. The van der Waals surface area contributed by atoms with Crippen molar-refractivity contribution in [2.45, 2.75) is 33.2 Å². The van der Waals surface area contributed by atoms with Gasteiger partial charge in [-0.1, -0.05) is 38.1 Å². The Morgan fingerprint density at radius 1 is 1.21 bits per heavy atom. The van der Waals surface area contributed by atoms with Crippen LogP contribution >= 0.6 is 0 Å². The maximum atomic E-state index is 5.92. The standard InChI is InChI=1S/C16H21N3/c1-11(2)14-6-4-13(5-7-14)10-19-16-15(17)8-12(3)9-18-16/h4-9,11H,10,17H2,1-3H3,(H,18,19). The van der Waals surface area contributed by atoms with Gasteiger partial charge in [0.2, 0.25) is 0 Å². The van der Waals surface area contributed by atoms with Crippen molar-refractivity contribution in [3.63, 3.8) is 0 Å². The second-order valence-electron chi connectivity index (χ2n) is 5.20. The predicted octanol–water partition coefficient (Wildman–Crippen LogP) is 3.71. The van der Waals surface area contributed by atoms with Crippen molar-refractivity contribution < 1.29 is 0 Å². The van der Waals surface area contributed by atoms with Crippen LogP contribution in [-0.4, -0.2) is 4.98 Å². The smallest absolute Gasteiger partial charge is 0.149 e. The van der Waals surface area contributed by atoms with Crippen molar-refractivity contribution in [2.75, 3.05) is 11.1 Å². The Morgan fingerprint density at radius 3 is 2.47 bits per heavy atom. The zero-order chi connectivity index (χ0) is 13.8. The molecule has 3 N–H and O–H groups in total. The quantitative estimate of drug-likeness (QED) is 0.875. The maximum absolute atomic E-state index is 5.92. The number of nitrogens with one attached hydrogen (secondary N) is 1. The van der Waals surface area contributed by atoms with Gasteiger partial charge in [-0.2, -0.15) is 0 Å². The minimum Gasteiger partial charge on any atom is -0.396 e. The Kier molecular flexibility index (Phi) is 4.05. The number of nitrogens with zero attached hydrogens (tertiary/aromatic N) is 1. The molecule has 0 aliphatic rings. The Labute approximate surface area is 114 Å². The van der Waals surface area contributed by atoms with Crippen LogP contribution in [0.25, 0.3) is 0 Å². The Morgan fingerprint density at radius 2 is 1.89 bits per heavy atom. The van der Waals surface area contributed by atoms with Crippen LogP contribution in [0.4, 0.5) is 11.5 Å². The summed E-state index contributed by atoms with van der Waals surface area (Å²) in [7, 11) is 0. The van der Waals surface area contributed by atoms with Gasteiger partial charge in [0.15, 0.2) is 0 Å². The topological polar surface area (TPSA) is 50.9 Å². The third kappa shape index (κ3) is 3.47. The Hall–Kier alpha value is -2.03. The summed E-state index contributed by atoms with van der Waals surface area (Å²) in [5, 5.41) is 3.27. The summed E-state index contributed by atoms with van der Waals surface area (Å²) in [6.45, 7) is 7.12. The van der Waals surface area contributed by atoms with Crippen LogP contribution in [-0.2, 0) is 6.54 Å². The van der Waals surface area contributed by atoms with E-state index in [-0.39, 0.29) is 0 Å². The van der Waals surface area contributed by atoms with Gasteiger partial charge in [-0.15, -0.1) is 0 Å². The lowest BCUT2D eigenvalue weighted by atomic mass is 10.0. The highest BCUT2D eigenvalue weighted by molar-refractivity contribution is 5.61. The fourth-order valence-corrected chi connectivity index (χ4v) is 1.95. The fraction of sp³-hybridized carbons (Fsp3) is 0.312. The highest BCUT2D eigenvalue weighted by Crippen LogP contribution is 2.18. The molecule has 19 heavy (non-hydrogen) atoms. The molecule has 0 radical (unpaired) electrons. The van der Waals surface area contributed by atoms with E-state index in [0.717, 1.165) is 17.9 Å². The number of anilines is 2. The molecule has 0 saturated heterocycles. The summed E-state index contributed by atoms with van der Waals surface area (Å²) in [5.74, 6) is 1.31. The number of nitrogen functional groups attached to an aromatic ring is 1. The van der Waals surface area contributed by atoms with E-state index in [1.165, 1.54) is 11.1 Å². The van der Waals surface area contributed by atoms with Gasteiger partial charge < -0.3 is 11.1 Å². The van der Waals surface area contributed by atoms with Crippen LogP contribution in [0.3, 0.4) is 0 Å². The van der Waals surface area contributed by atoms with E-state index < -0.39 is 0 Å². The molecule has 100 valence electrons. The van der Waals surface area contributed by atoms with E-state index in [2.05, 4.69) is 48.4 Å². The first-order chi connectivity index (χ1) is 9.06. The second kappa shape index (κ2) is 5.74. The molecule has 0 unspecified atom stereocenters. The van der Waals surface area contributed by atoms with Gasteiger partial charge in [0.1, 0.15) is 5.82 Å². The molecule has 0 fully saturated rings. The average molecular weight is 255 g/mol. The van der Waals surface area contributed by atoms with E-state index in [1.54, 1.807) is 0 Å². The largest absolute Gasteiger partial charge is 0.396 e. The summed E-state index contributed by atoms with van der Waals surface area (Å²) >= 11 is 0. The zero-order valence-electron chi connectivity index (χ0n) is 11.8. The van der Waals surface area contributed by atoms with Gasteiger partial charge in [0.25, 0.3) is 0 Å².